The fourth-order valence-corrected chi connectivity index (χ4v) is 4.33. The van der Waals surface area contributed by atoms with Gasteiger partial charge in [0.15, 0.2) is 8.32 Å². The number of rotatable bonds is 10. The van der Waals surface area contributed by atoms with Gasteiger partial charge in [0.1, 0.15) is 0 Å². The van der Waals surface area contributed by atoms with Gasteiger partial charge in [-0.05, 0) is 43.8 Å². The Morgan fingerprint density at radius 1 is 1.23 bits per heavy atom. The minimum Gasteiger partial charge on any atom is -0.466 e. The van der Waals surface area contributed by atoms with Crippen LogP contribution >= 0.6 is 0 Å². The maximum atomic E-state index is 11.5. The van der Waals surface area contributed by atoms with E-state index in [9.17, 15) is 9.90 Å². The van der Waals surface area contributed by atoms with E-state index in [4.69, 9.17) is 9.16 Å². The minimum absolute atomic E-state index is 0.00706. The van der Waals surface area contributed by atoms with Crippen LogP contribution in [0.3, 0.4) is 0 Å². The van der Waals surface area contributed by atoms with Crippen LogP contribution in [0.25, 0.3) is 0 Å². The van der Waals surface area contributed by atoms with Crippen LogP contribution in [-0.2, 0) is 14.0 Å². The van der Waals surface area contributed by atoms with Crippen LogP contribution in [0.4, 0.5) is 0 Å². The van der Waals surface area contributed by atoms with Crippen LogP contribution in [0.5, 0.6) is 0 Å². The van der Waals surface area contributed by atoms with Crippen molar-refractivity contribution in [2.24, 2.45) is 11.8 Å². The average molecular weight is 387 g/mol. The van der Waals surface area contributed by atoms with Crippen molar-refractivity contribution in [2.75, 3.05) is 7.11 Å². The van der Waals surface area contributed by atoms with E-state index in [-0.39, 0.29) is 23.0 Å². The molecule has 0 aliphatic heterocycles. The Balaban J connectivity index is 5.33. The number of aliphatic hydroxyl groups excluding tert-OH is 1. The van der Waals surface area contributed by atoms with E-state index in [0.29, 0.717) is 17.9 Å². The third-order valence-electron chi connectivity index (χ3n) is 5.84. The summed E-state index contributed by atoms with van der Waals surface area (Å²) < 4.78 is 11.5. The van der Waals surface area contributed by atoms with Gasteiger partial charge in [-0.25, -0.2) is 4.79 Å². The maximum absolute atomic E-state index is 11.5. The van der Waals surface area contributed by atoms with Gasteiger partial charge in [0.05, 0.1) is 19.3 Å². The molecular weight excluding hydrogens is 344 g/mol. The first-order chi connectivity index (χ1) is 11.8. The van der Waals surface area contributed by atoms with Gasteiger partial charge in [-0.2, -0.15) is 0 Å². The summed E-state index contributed by atoms with van der Waals surface area (Å²) in [4.78, 5) is 11.5. The highest BCUT2D eigenvalue weighted by atomic mass is 28.4. The van der Waals surface area contributed by atoms with Crippen molar-refractivity contribution in [3.05, 3.63) is 11.6 Å². The Kier molecular flexibility index (Phi) is 10.4. The van der Waals surface area contributed by atoms with E-state index in [1.807, 2.05) is 0 Å². The average Bonchev–Trinajstić information content (AvgIpc) is 2.54. The summed E-state index contributed by atoms with van der Waals surface area (Å²) in [5, 5.41) is 10.9. The Morgan fingerprint density at radius 3 is 2.19 bits per heavy atom. The van der Waals surface area contributed by atoms with Crippen molar-refractivity contribution in [1.82, 2.24) is 0 Å². The van der Waals surface area contributed by atoms with Crippen LogP contribution in [0.2, 0.25) is 18.1 Å². The van der Waals surface area contributed by atoms with Crippen molar-refractivity contribution in [3.8, 4) is 0 Å². The first-order valence-corrected chi connectivity index (χ1v) is 12.8. The Bertz CT molecular complexity index is 465. The summed E-state index contributed by atoms with van der Waals surface area (Å²) in [7, 11) is -0.568. The number of aliphatic hydroxyl groups is 1. The van der Waals surface area contributed by atoms with E-state index < -0.39 is 14.4 Å². The molecule has 0 rings (SSSR count). The second-order valence-electron chi connectivity index (χ2n) is 9.15. The molecule has 1 N–H and O–H groups in total. The molecule has 5 heteroatoms. The van der Waals surface area contributed by atoms with Gasteiger partial charge in [0.2, 0.25) is 0 Å². The highest BCUT2D eigenvalue weighted by molar-refractivity contribution is 6.74. The van der Waals surface area contributed by atoms with Gasteiger partial charge >= 0.3 is 5.97 Å². The lowest BCUT2D eigenvalue weighted by Crippen LogP contribution is -2.49. The Labute approximate surface area is 162 Å². The molecule has 0 fully saturated rings. The van der Waals surface area contributed by atoms with Gasteiger partial charge in [0, 0.05) is 11.5 Å². The number of carbonyl (C=O) groups is 1. The smallest absolute Gasteiger partial charge is 0.333 e. The first-order valence-electron chi connectivity index (χ1n) is 9.89. The molecule has 0 radical (unpaired) electrons. The summed E-state index contributed by atoms with van der Waals surface area (Å²) in [5.41, 5.74) is 0.530. The number of hydrogen-bond donors (Lipinski definition) is 1. The minimum atomic E-state index is -1.94. The fraction of sp³-hybridized carbons (Fsp3) is 0.857. The van der Waals surface area contributed by atoms with Crippen LogP contribution < -0.4 is 0 Å². The zero-order valence-electron chi connectivity index (χ0n) is 18.7. The predicted molar refractivity (Wildman–Crippen MR) is 112 cm³/mol. The normalized spacial score (nSPS) is 18.2. The zero-order chi connectivity index (χ0) is 20.7. The standard InChI is InChI=1S/C21H42O4Si/c1-11-12-15(2)19(25-26(9,10)21(5,6)7)17(4)18(22)14-13-16(3)20(23)24-8/h13,15,17-19,22H,11-12,14H2,1-10H3/b16-13+/t15-,17-,18+,19-/m1/s1. The number of esters is 1. The molecule has 0 saturated heterocycles. The Hall–Kier alpha value is -0.653. The van der Waals surface area contributed by atoms with Gasteiger partial charge < -0.3 is 14.3 Å². The molecule has 0 aromatic heterocycles. The van der Waals surface area contributed by atoms with Crippen molar-refractivity contribution in [1.29, 1.82) is 0 Å². The number of ether oxygens (including phenoxy) is 1. The van der Waals surface area contributed by atoms with Crippen LogP contribution in [-0.4, -0.2) is 38.7 Å². The molecule has 0 saturated carbocycles. The lowest BCUT2D eigenvalue weighted by atomic mass is 9.86. The molecule has 0 heterocycles. The SMILES string of the molecule is CCC[C@@H](C)[C@@H](O[Si](C)(C)C(C)(C)C)[C@H](C)[C@@H](O)C/C=C(\C)C(=O)OC. The molecule has 0 bridgehead atoms. The number of methoxy groups -OCH3 is 1. The first kappa shape index (κ1) is 25.3. The second-order valence-corrected chi connectivity index (χ2v) is 13.9. The molecule has 0 aliphatic carbocycles. The second kappa shape index (κ2) is 10.6. The zero-order valence-corrected chi connectivity index (χ0v) is 19.7. The van der Waals surface area contributed by atoms with E-state index in [1.165, 1.54) is 7.11 Å². The third kappa shape index (κ3) is 7.53. The summed E-state index contributed by atoms with van der Waals surface area (Å²) in [6.45, 7) is 19.4. The van der Waals surface area contributed by atoms with Crippen molar-refractivity contribution < 1.29 is 19.1 Å². The molecule has 0 unspecified atom stereocenters. The van der Waals surface area contributed by atoms with Gasteiger partial charge in [-0.1, -0.05) is 54.0 Å². The largest absolute Gasteiger partial charge is 0.466 e. The summed E-state index contributed by atoms with van der Waals surface area (Å²) in [6, 6.07) is 0. The van der Waals surface area contributed by atoms with E-state index in [2.05, 4.69) is 54.6 Å². The number of hydrogen-bond acceptors (Lipinski definition) is 4. The van der Waals surface area contributed by atoms with Gasteiger partial charge in [0.25, 0.3) is 0 Å². The van der Waals surface area contributed by atoms with E-state index in [1.54, 1.807) is 13.0 Å². The molecule has 0 aliphatic rings. The fourth-order valence-electron chi connectivity index (χ4n) is 2.85. The van der Waals surface area contributed by atoms with Crippen molar-refractivity contribution >= 4 is 14.3 Å². The number of carbonyl (C=O) groups excluding carboxylic acids is 1. The van der Waals surface area contributed by atoms with E-state index >= 15 is 0 Å². The van der Waals surface area contributed by atoms with Crippen LogP contribution in [0, 0.1) is 11.8 Å². The molecule has 0 aromatic rings. The molecule has 0 spiro atoms. The van der Waals surface area contributed by atoms with Gasteiger partial charge in [-0.15, -0.1) is 0 Å². The molecule has 0 amide bonds. The molecule has 154 valence electrons. The molecule has 0 aromatic carbocycles. The quantitative estimate of drug-likeness (QED) is 0.314. The maximum Gasteiger partial charge on any atom is 0.333 e. The Morgan fingerprint density at radius 2 is 1.77 bits per heavy atom. The topological polar surface area (TPSA) is 55.8 Å². The van der Waals surface area contributed by atoms with Crippen LogP contribution in [0.1, 0.15) is 67.7 Å². The highest BCUT2D eigenvalue weighted by Gasteiger charge is 2.42. The van der Waals surface area contributed by atoms with Crippen molar-refractivity contribution in [2.45, 2.75) is 98.1 Å². The van der Waals surface area contributed by atoms with Crippen molar-refractivity contribution in [3.63, 3.8) is 0 Å². The molecule has 26 heavy (non-hydrogen) atoms. The summed E-state index contributed by atoms with van der Waals surface area (Å²) >= 11 is 0. The lowest BCUT2D eigenvalue weighted by Gasteiger charge is -2.43. The lowest BCUT2D eigenvalue weighted by molar-refractivity contribution is -0.136. The van der Waals surface area contributed by atoms with Crippen LogP contribution in [0.15, 0.2) is 11.6 Å². The molecule has 4 nitrogen and oxygen atoms in total. The summed E-state index contributed by atoms with van der Waals surface area (Å²) in [6.07, 6.45) is 3.83. The van der Waals surface area contributed by atoms with E-state index in [0.717, 1.165) is 12.8 Å². The summed E-state index contributed by atoms with van der Waals surface area (Å²) in [5.74, 6) is 0.0232. The monoisotopic (exact) mass is 386 g/mol. The molecule has 4 atom stereocenters. The predicted octanol–water partition coefficient (Wildman–Crippen LogP) is 5.32. The highest BCUT2D eigenvalue weighted by Crippen LogP contribution is 2.40. The molecular formula is C21H42O4Si. The van der Waals surface area contributed by atoms with Gasteiger partial charge in [-0.3, -0.25) is 0 Å². The third-order valence-corrected chi connectivity index (χ3v) is 10.3.